The number of amides is 1. The zero-order chi connectivity index (χ0) is 19.4. The number of carbonyl (C=O) groups is 1. The molecule has 1 amide bonds. The van der Waals surface area contributed by atoms with Crippen molar-refractivity contribution in [2.45, 2.75) is 4.90 Å². The maximum atomic E-state index is 12.4. The Hall–Kier alpha value is -2.35. The molecule has 0 aliphatic heterocycles. The number of halogens is 2. The number of hydrogen-bond donors (Lipinski definition) is 2. The molecule has 27 heavy (non-hydrogen) atoms. The van der Waals surface area contributed by atoms with E-state index in [9.17, 15) is 13.2 Å². The molecule has 3 aromatic carbocycles. The predicted octanol–water partition coefficient (Wildman–Crippen LogP) is 5.16. The molecule has 0 bridgehead atoms. The van der Waals surface area contributed by atoms with Crippen LogP contribution in [0, 0.1) is 0 Å². The minimum atomic E-state index is -3.71. The normalized spacial score (nSPS) is 11.0. The average molecular weight is 466 g/mol. The number of nitrogens with one attached hydrogen (secondary N) is 2. The standard InChI is InChI=1S/C19H14BrClN2O3S/c20-13-9-10-17(18(21)11-13)19(24)22-14-5-4-6-15(12-14)23-27(25,26)16-7-2-1-3-8-16/h1-12,23H,(H,22,24). The van der Waals surface area contributed by atoms with Gasteiger partial charge in [0.05, 0.1) is 21.2 Å². The molecule has 0 saturated carbocycles. The van der Waals surface area contributed by atoms with Crippen molar-refractivity contribution in [2.24, 2.45) is 0 Å². The van der Waals surface area contributed by atoms with Gasteiger partial charge in [-0.05, 0) is 48.5 Å². The molecule has 3 rings (SSSR count). The van der Waals surface area contributed by atoms with E-state index in [2.05, 4.69) is 26.0 Å². The number of sulfonamides is 1. The van der Waals surface area contributed by atoms with Gasteiger partial charge in [0.15, 0.2) is 0 Å². The molecule has 0 aliphatic carbocycles. The Kier molecular flexibility index (Phi) is 5.84. The largest absolute Gasteiger partial charge is 0.322 e. The molecular weight excluding hydrogens is 452 g/mol. The first kappa shape index (κ1) is 19.4. The van der Waals surface area contributed by atoms with E-state index < -0.39 is 15.9 Å². The van der Waals surface area contributed by atoms with Crippen LogP contribution in [0.1, 0.15) is 10.4 Å². The fourth-order valence-electron chi connectivity index (χ4n) is 2.35. The zero-order valence-corrected chi connectivity index (χ0v) is 17.0. The third-order valence-corrected chi connectivity index (χ3v) is 5.81. The first-order valence-electron chi connectivity index (χ1n) is 7.79. The van der Waals surface area contributed by atoms with E-state index in [0.717, 1.165) is 4.47 Å². The summed E-state index contributed by atoms with van der Waals surface area (Å²) in [5.74, 6) is -0.393. The molecule has 0 atom stereocenters. The second kappa shape index (κ2) is 8.12. The van der Waals surface area contributed by atoms with Crippen LogP contribution in [0.5, 0.6) is 0 Å². The van der Waals surface area contributed by atoms with Crippen molar-refractivity contribution in [3.63, 3.8) is 0 Å². The fraction of sp³-hybridized carbons (Fsp3) is 0. The van der Waals surface area contributed by atoms with Crippen molar-refractivity contribution in [1.82, 2.24) is 0 Å². The maximum absolute atomic E-state index is 12.4. The van der Waals surface area contributed by atoms with Gasteiger partial charge in [-0.25, -0.2) is 8.42 Å². The van der Waals surface area contributed by atoms with Gasteiger partial charge in [-0.3, -0.25) is 9.52 Å². The Bertz CT molecular complexity index is 1090. The van der Waals surface area contributed by atoms with Crippen molar-refractivity contribution in [3.8, 4) is 0 Å². The molecule has 3 aromatic rings. The van der Waals surface area contributed by atoms with Gasteiger partial charge in [-0.15, -0.1) is 0 Å². The third-order valence-electron chi connectivity index (χ3n) is 3.60. The second-order valence-electron chi connectivity index (χ2n) is 5.58. The molecule has 0 fully saturated rings. The quantitative estimate of drug-likeness (QED) is 0.547. The van der Waals surface area contributed by atoms with Crippen LogP contribution in [0.4, 0.5) is 11.4 Å². The molecule has 0 heterocycles. The lowest BCUT2D eigenvalue weighted by Gasteiger charge is -2.11. The van der Waals surface area contributed by atoms with Crippen LogP contribution in [0.2, 0.25) is 5.02 Å². The van der Waals surface area contributed by atoms with Crippen molar-refractivity contribution in [1.29, 1.82) is 0 Å². The van der Waals surface area contributed by atoms with Gasteiger partial charge < -0.3 is 5.32 Å². The highest BCUT2D eigenvalue weighted by molar-refractivity contribution is 9.10. The molecule has 0 unspecified atom stereocenters. The summed E-state index contributed by atoms with van der Waals surface area (Å²) in [6.45, 7) is 0. The maximum Gasteiger partial charge on any atom is 0.261 e. The van der Waals surface area contributed by atoms with Gasteiger partial charge in [-0.2, -0.15) is 0 Å². The lowest BCUT2D eigenvalue weighted by Crippen LogP contribution is -2.14. The van der Waals surface area contributed by atoms with Crippen molar-refractivity contribution in [3.05, 3.63) is 87.9 Å². The van der Waals surface area contributed by atoms with Gasteiger partial charge in [-0.1, -0.05) is 51.8 Å². The average Bonchev–Trinajstić information content (AvgIpc) is 2.62. The summed E-state index contributed by atoms with van der Waals surface area (Å²) in [6.07, 6.45) is 0. The first-order valence-corrected chi connectivity index (χ1v) is 10.4. The number of benzene rings is 3. The van der Waals surface area contributed by atoms with Crippen LogP contribution in [0.3, 0.4) is 0 Å². The van der Waals surface area contributed by atoms with E-state index in [1.807, 2.05) is 0 Å². The molecule has 138 valence electrons. The molecular formula is C19H14BrClN2O3S. The molecule has 0 spiro atoms. The summed E-state index contributed by atoms with van der Waals surface area (Å²) in [5.41, 5.74) is 1.08. The summed E-state index contributed by atoms with van der Waals surface area (Å²) < 4.78 is 28.1. The highest BCUT2D eigenvalue weighted by atomic mass is 79.9. The summed E-state index contributed by atoms with van der Waals surface area (Å²) >= 11 is 9.38. The van der Waals surface area contributed by atoms with E-state index >= 15 is 0 Å². The summed E-state index contributed by atoms with van der Waals surface area (Å²) in [6, 6.07) is 19.4. The molecule has 0 radical (unpaired) electrons. The Morgan fingerprint density at radius 2 is 1.59 bits per heavy atom. The molecule has 0 aliphatic rings. The van der Waals surface area contributed by atoms with Gasteiger partial charge >= 0.3 is 0 Å². The van der Waals surface area contributed by atoms with E-state index in [1.54, 1.807) is 54.6 Å². The smallest absolute Gasteiger partial charge is 0.261 e. The fourth-order valence-corrected chi connectivity index (χ4v) is 4.18. The van der Waals surface area contributed by atoms with Crippen LogP contribution in [-0.2, 0) is 10.0 Å². The van der Waals surface area contributed by atoms with Gasteiger partial charge in [0, 0.05) is 10.2 Å². The lowest BCUT2D eigenvalue weighted by atomic mass is 10.2. The van der Waals surface area contributed by atoms with Crippen LogP contribution >= 0.6 is 27.5 Å². The van der Waals surface area contributed by atoms with E-state index in [4.69, 9.17) is 11.6 Å². The van der Waals surface area contributed by atoms with Crippen LogP contribution in [0.25, 0.3) is 0 Å². The molecule has 2 N–H and O–H groups in total. The second-order valence-corrected chi connectivity index (χ2v) is 8.58. The minimum absolute atomic E-state index is 0.154. The molecule has 5 nitrogen and oxygen atoms in total. The topological polar surface area (TPSA) is 75.3 Å². The predicted molar refractivity (Wildman–Crippen MR) is 111 cm³/mol. The van der Waals surface area contributed by atoms with Crippen LogP contribution in [0.15, 0.2) is 82.2 Å². The minimum Gasteiger partial charge on any atom is -0.322 e. The van der Waals surface area contributed by atoms with Crippen molar-refractivity contribution < 1.29 is 13.2 Å². The first-order chi connectivity index (χ1) is 12.8. The highest BCUT2D eigenvalue weighted by Gasteiger charge is 2.15. The van der Waals surface area contributed by atoms with Crippen molar-refractivity contribution in [2.75, 3.05) is 10.0 Å². The summed E-state index contributed by atoms with van der Waals surface area (Å²) in [5, 5.41) is 3.02. The lowest BCUT2D eigenvalue weighted by molar-refractivity contribution is 0.102. The summed E-state index contributed by atoms with van der Waals surface area (Å²) in [4.78, 5) is 12.6. The van der Waals surface area contributed by atoms with Crippen LogP contribution in [-0.4, -0.2) is 14.3 Å². The number of anilines is 2. The number of hydrogen-bond acceptors (Lipinski definition) is 3. The van der Waals surface area contributed by atoms with E-state index in [-0.39, 0.29) is 4.90 Å². The number of carbonyl (C=O) groups excluding carboxylic acids is 1. The van der Waals surface area contributed by atoms with Gasteiger partial charge in [0.1, 0.15) is 0 Å². The molecule has 8 heteroatoms. The zero-order valence-electron chi connectivity index (χ0n) is 13.8. The van der Waals surface area contributed by atoms with E-state index in [0.29, 0.717) is 22.0 Å². The van der Waals surface area contributed by atoms with Crippen LogP contribution < -0.4 is 10.0 Å². The monoisotopic (exact) mass is 464 g/mol. The van der Waals surface area contributed by atoms with Gasteiger partial charge in [0.2, 0.25) is 0 Å². The number of rotatable bonds is 5. The Balaban J connectivity index is 1.79. The SMILES string of the molecule is O=C(Nc1cccc(NS(=O)(=O)c2ccccc2)c1)c1ccc(Br)cc1Cl. The molecule has 0 aromatic heterocycles. The van der Waals surface area contributed by atoms with E-state index in [1.165, 1.54) is 18.2 Å². The third kappa shape index (κ3) is 4.88. The highest BCUT2D eigenvalue weighted by Crippen LogP contribution is 2.24. The van der Waals surface area contributed by atoms with Gasteiger partial charge in [0.25, 0.3) is 15.9 Å². The Labute approximate surface area is 170 Å². The Morgan fingerprint density at radius 3 is 2.30 bits per heavy atom. The van der Waals surface area contributed by atoms with Crippen molar-refractivity contribution >= 4 is 54.8 Å². The summed E-state index contributed by atoms with van der Waals surface area (Å²) in [7, 11) is -3.71. The Morgan fingerprint density at radius 1 is 0.889 bits per heavy atom. The molecule has 0 saturated heterocycles.